The zero-order valence-electron chi connectivity index (χ0n) is 18.9. The van der Waals surface area contributed by atoms with Gasteiger partial charge in [-0.2, -0.15) is 26.3 Å². The topological polar surface area (TPSA) is 111 Å². The number of nitrogens with zero attached hydrogens (tertiary/aromatic N) is 3. The molecule has 2 aliphatic heterocycles. The van der Waals surface area contributed by atoms with Gasteiger partial charge in [0.1, 0.15) is 0 Å². The molecule has 1 amide bonds. The largest absolute Gasteiger partial charge is 0.490 e. The molecule has 1 atom stereocenters. The Bertz CT molecular complexity index is 826. The maximum atomic E-state index is 12.1. The van der Waals surface area contributed by atoms with E-state index in [2.05, 4.69) is 27.8 Å². The fourth-order valence-electron chi connectivity index (χ4n) is 4.05. The first-order valence-electron chi connectivity index (χ1n) is 10.6. The van der Waals surface area contributed by atoms with E-state index in [0.29, 0.717) is 5.91 Å². The Morgan fingerprint density at radius 3 is 2.06 bits per heavy atom. The summed E-state index contributed by atoms with van der Waals surface area (Å²) in [6.07, 6.45) is -1.12. The fraction of sp³-hybridized carbons (Fsp3) is 0.619. The van der Waals surface area contributed by atoms with Gasteiger partial charge in [-0.05, 0) is 50.8 Å². The van der Waals surface area contributed by atoms with Crippen molar-refractivity contribution in [1.29, 1.82) is 0 Å². The SMILES string of the molecule is CCN1C(=O)CCC12CCCN(Cc1cccnc1)CC2.O=C(O)C(F)(F)F.O=C(O)C(F)(F)F. The molecule has 0 saturated carbocycles. The van der Waals surface area contributed by atoms with E-state index in [1.807, 2.05) is 18.5 Å². The molecule has 1 unspecified atom stereocenters. The fourth-order valence-corrected chi connectivity index (χ4v) is 4.05. The first-order valence-corrected chi connectivity index (χ1v) is 10.6. The third-order valence-electron chi connectivity index (χ3n) is 5.62. The van der Waals surface area contributed by atoms with Gasteiger partial charge in [0.2, 0.25) is 5.91 Å². The highest BCUT2D eigenvalue weighted by atomic mass is 19.4. The Morgan fingerprint density at radius 1 is 1.03 bits per heavy atom. The number of hydrogen-bond donors (Lipinski definition) is 2. The van der Waals surface area contributed by atoms with Crippen molar-refractivity contribution in [3.63, 3.8) is 0 Å². The van der Waals surface area contributed by atoms with Crippen LogP contribution < -0.4 is 0 Å². The van der Waals surface area contributed by atoms with E-state index in [1.165, 1.54) is 12.0 Å². The van der Waals surface area contributed by atoms with Gasteiger partial charge in [0.15, 0.2) is 0 Å². The van der Waals surface area contributed by atoms with Crippen LogP contribution in [0.2, 0.25) is 0 Å². The van der Waals surface area contributed by atoms with Crippen molar-refractivity contribution in [2.75, 3.05) is 19.6 Å². The molecular weight excluding hydrogens is 488 g/mol. The van der Waals surface area contributed by atoms with Crippen molar-refractivity contribution in [3.8, 4) is 0 Å². The van der Waals surface area contributed by atoms with Crippen molar-refractivity contribution in [2.45, 2.75) is 63.5 Å². The minimum Gasteiger partial charge on any atom is -0.475 e. The van der Waals surface area contributed by atoms with Crippen LogP contribution >= 0.6 is 0 Å². The lowest BCUT2D eigenvalue weighted by atomic mass is 9.88. The van der Waals surface area contributed by atoms with Crippen LogP contribution in [0.1, 0.15) is 44.6 Å². The molecule has 35 heavy (non-hydrogen) atoms. The van der Waals surface area contributed by atoms with Gasteiger partial charge >= 0.3 is 24.3 Å². The number of amides is 1. The van der Waals surface area contributed by atoms with E-state index in [1.54, 1.807) is 0 Å². The van der Waals surface area contributed by atoms with E-state index >= 15 is 0 Å². The highest BCUT2D eigenvalue weighted by Crippen LogP contribution is 2.39. The third-order valence-corrected chi connectivity index (χ3v) is 5.62. The second kappa shape index (κ2) is 12.7. The van der Waals surface area contributed by atoms with Gasteiger partial charge in [0.25, 0.3) is 0 Å². The molecule has 0 radical (unpaired) electrons. The lowest BCUT2D eigenvalue weighted by Crippen LogP contribution is -2.46. The van der Waals surface area contributed by atoms with Gasteiger partial charge in [-0.15, -0.1) is 0 Å². The van der Waals surface area contributed by atoms with Gasteiger partial charge in [-0.1, -0.05) is 6.07 Å². The molecule has 8 nitrogen and oxygen atoms in total. The van der Waals surface area contributed by atoms with Gasteiger partial charge in [0, 0.05) is 44.0 Å². The van der Waals surface area contributed by atoms with Crippen LogP contribution in [0, 0.1) is 0 Å². The van der Waals surface area contributed by atoms with Crippen LogP contribution in [0.5, 0.6) is 0 Å². The number of halogens is 6. The summed E-state index contributed by atoms with van der Waals surface area (Å²) in [6.45, 7) is 6.16. The number of aromatic nitrogens is 1. The molecule has 1 aromatic heterocycles. The highest BCUT2D eigenvalue weighted by Gasteiger charge is 2.44. The summed E-state index contributed by atoms with van der Waals surface area (Å²) < 4.78 is 63.5. The zero-order chi connectivity index (χ0) is 26.9. The second-order valence-corrected chi connectivity index (χ2v) is 7.96. The monoisotopic (exact) mass is 515 g/mol. The van der Waals surface area contributed by atoms with Crippen molar-refractivity contribution >= 4 is 17.8 Å². The molecule has 2 N–H and O–H groups in total. The van der Waals surface area contributed by atoms with Crippen LogP contribution in [0.15, 0.2) is 24.5 Å². The molecule has 14 heteroatoms. The van der Waals surface area contributed by atoms with Crippen molar-refractivity contribution in [1.82, 2.24) is 14.8 Å². The van der Waals surface area contributed by atoms with Gasteiger partial charge in [-0.3, -0.25) is 14.7 Å². The summed E-state index contributed by atoms with van der Waals surface area (Å²) in [5.74, 6) is -5.15. The van der Waals surface area contributed by atoms with Crippen molar-refractivity contribution in [2.24, 2.45) is 0 Å². The quantitative estimate of drug-likeness (QED) is 0.591. The minimum absolute atomic E-state index is 0.148. The molecule has 3 heterocycles. The highest BCUT2D eigenvalue weighted by molar-refractivity contribution is 5.79. The number of carboxylic acids is 2. The molecule has 2 saturated heterocycles. The van der Waals surface area contributed by atoms with E-state index in [9.17, 15) is 31.1 Å². The molecule has 0 aliphatic carbocycles. The molecule has 198 valence electrons. The Hall–Kier alpha value is -2.90. The number of carboxylic acid groups (broad SMARTS) is 2. The standard InChI is InChI=1S/C17H25N3O.2C2HF3O2/c1-2-20-16(21)6-8-17(20)7-4-11-19(12-9-17)14-15-5-3-10-18-13-15;2*3-2(4,5)1(6)7/h3,5,10,13H,2,4,6-9,11-12,14H2,1H3;2*(H,6,7). The van der Waals surface area contributed by atoms with Crippen LogP contribution in [-0.2, 0) is 20.9 Å². The molecule has 0 aromatic carbocycles. The Kier molecular flexibility index (Phi) is 10.9. The smallest absolute Gasteiger partial charge is 0.475 e. The number of pyridine rings is 1. The minimum atomic E-state index is -5.08. The number of carbonyl (C=O) groups excluding carboxylic acids is 1. The maximum Gasteiger partial charge on any atom is 0.490 e. The number of aliphatic carboxylic acids is 2. The van der Waals surface area contributed by atoms with E-state index in [4.69, 9.17) is 19.8 Å². The van der Waals surface area contributed by atoms with E-state index in [0.717, 1.165) is 51.9 Å². The normalized spacial score (nSPS) is 20.9. The average Bonchev–Trinajstić information content (AvgIpc) is 2.93. The molecule has 1 spiro atoms. The average molecular weight is 515 g/mol. The van der Waals surface area contributed by atoms with Crippen molar-refractivity contribution < 1.29 is 50.9 Å². The lowest BCUT2D eigenvalue weighted by Gasteiger charge is -2.37. The maximum absolute atomic E-state index is 12.1. The van der Waals surface area contributed by atoms with Gasteiger partial charge in [0.05, 0.1) is 0 Å². The first kappa shape index (κ1) is 30.1. The summed E-state index contributed by atoms with van der Waals surface area (Å²) >= 11 is 0. The van der Waals surface area contributed by atoms with Gasteiger partial charge in [-0.25, -0.2) is 9.59 Å². The van der Waals surface area contributed by atoms with Crippen molar-refractivity contribution in [3.05, 3.63) is 30.1 Å². The van der Waals surface area contributed by atoms with Crippen LogP contribution in [0.3, 0.4) is 0 Å². The molecule has 2 aliphatic rings. The lowest BCUT2D eigenvalue weighted by molar-refractivity contribution is -0.193. The zero-order valence-corrected chi connectivity index (χ0v) is 18.9. The van der Waals surface area contributed by atoms with Crippen LogP contribution in [0.25, 0.3) is 0 Å². The molecular formula is C21H27F6N3O5. The van der Waals surface area contributed by atoms with E-state index < -0.39 is 24.3 Å². The molecule has 2 fully saturated rings. The predicted molar refractivity (Wildman–Crippen MR) is 110 cm³/mol. The number of likely N-dealkylation sites (tertiary alicyclic amines) is 2. The number of hydrogen-bond acceptors (Lipinski definition) is 5. The summed E-state index contributed by atoms with van der Waals surface area (Å²) in [6, 6.07) is 4.15. The Morgan fingerprint density at radius 2 is 1.60 bits per heavy atom. The predicted octanol–water partition coefficient (Wildman–Crippen LogP) is 3.72. The summed E-state index contributed by atoms with van der Waals surface area (Å²) in [4.78, 5) is 38.7. The number of alkyl halides is 6. The molecule has 0 bridgehead atoms. The molecule has 1 aromatic rings. The Balaban J connectivity index is 0.000000362. The van der Waals surface area contributed by atoms with Crippen LogP contribution in [-0.4, -0.2) is 80.4 Å². The Labute approximate surface area is 197 Å². The van der Waals surface area contributed by atoms with E-state index in [-0.39, 0.29) is 5.54 Å². The van der Waals surface area contributed by atoms with Crippen LogP contribution in [0.4, 0.5) is 26.3 Å². The first-order chi connectivity index (χ1) is 16.1. The number of rotatable bonds is 3. The summed E-state index contributed by atoms with van der Waals surface area (Å²) in [7, 11) is 0. The van der Waals surface area contributed by atoms with Gasteiger partial charge < -0.3 is 15.1 Å². The summed E-state index contributed by atoms with van der Waals surface area (Å²) in [5.41, 5.74) is 1.43. The summed E-state index contributed by atoms with van der Waals surface area (Å²) in [5, 5.41) is 14.2. The molecule has 3 rings (SSSR count). The third kappa shape index (κ3) is 9.70. The second-order valence-electron chi connectivity index (χ2n) is 7.96. The number of carbonyl (C=O) groups is 3.